The molecule has 1 aromatic rings. The zero-order chi connectivity index (χ0) is 12.7. The fraction of sp³-hybridized carbons (Fsp3) is 0.300. The van der Waals surface area contributed by atoms with Crippen LogP contribution in [0.3, 0.4) is 0 Å². The van der Waals surface area contributed by atoms with Gasteiger partial charge in [0.1, 0.15) is 5.76 Å². The Morgan fingerprint density at radius 2 is 2.29 bits per heavy atom. The van der Waals surface area contributed by atoms with Crippen LogP contribution in [0.25, 0.3) is 6.08 Å². The Balaban J connectivity index is 2.22. The van der Waals surface area contributed by atoms with Crippen LogP contribution in [0.2, 0.25) is 0 Å². The second-order valence-corrected chi connectivity index (χ2v) is 5.09. The highest BCUT2D eigenvalue weighted by Crippen LogP contribution is 2.01. The van der Waals surface area contributed by atoms with Crippen molar-refractivity contribution in [3.8, 4) is 0 Å². The van der Waals surface area contributed by atoms with Crippen molar-refractivity contribution in [3.63, 3.8) is 0 Å². The third-order valence-electron chi connectivity index (χ3n) is 1.85. The number of hydrogen-bond acceptors (Lipinski definition) is 4. The van der Waals surface area contributed by atoms with Crippen LogP contribution in [0.5, 0.6) is 0 Å². The zero-order valence-electron chi connectivity index (χ0n) is 9.13. The Kier molecular flexibility index (Phi) is 4.92. The Morgan fingerprint density at radius 1 is 1.53 bits per heavy atom. The summed E-state index contributed by atoms with van der Waals surface area (Å²) in [6.45, 7) is 0.262. The molecule has 1 rings (SSSR count). The van der Waals surface area contributed by atoms with E-state index in [1.165, 1.54) is 18.4 Å². The molecule has 0 aliphatic heterocycles. The number of carbonyl (C=O) groups is 1. The van der Waals surface area contributed by atoms with Crippen LogP contribution in [0, 0.1) is 0 Å². The van der Waals surface area contributed by atoms with Crippen LogP contribution in [0.1, 0.15) is 12.2 Å². The van der Waals surface area contributed by atoms with Crippen molar-refractivity contribution in [2.45, 2.75) is 6.42 Å². The molecule has 0 unspecified atom stereocenters. The van der Waals surface area contributed by atoms with E-state index in [9.17, 15) is 13.2 Å². The van der Waals surface area contributed by atoms with Gasteiger partial charge in [0.15, 0.2) is 0 Å². The van der Waals surface area contributed by atoms with Crippen molar-refractivity contribution >= 4 is 22.0 Å². The van der Waals surface area contributed by atoms with Crippen LogP contribution in [0.15, 0.2) is 28.9 Å². The molecular weight excluding hydrogens is 244 g/mol. The Hall–Kier alpha value is -1.60. The lowest BCUT2D eigenvalue weighted by atomic mass is 10.4. The Bertz CT molecular complexity index is 476. The molecular formula is C10H14N2O4S. The molecule has 7 heteroatoms. The molecule has 0 radical (unpaired) electrons. The largest absolute Gasteiger partial charge is 0.465 e. The second-order valence-electron chi connectivity index (χ2n) is 3.36. The summed E-state index contributed by atoms with van der Waals surface area (Å²) in [5.41, 5.74) is 0. The van der Waals surface area contributed by atoms with E-state index in [2.05, 4.69) is 5.32 Å². The molecule has 1 amide bonds. The van der Waals surface area contributed by atoms with Gasteiger partial charge in [0.2, 0.25) is 15.9 Å². The van der Waals surface area contributed by atoms with E-state index in [4.69, 9.17) is 9.56 Å². The number of rotatable bonds is 6. The van der Waals surface area contributed by atoms with E-state index in [-0.39, 0.29) is 18.2 Å². The van der Waals surface area contributed by atoms with E-state index in [1.54, 1.807) is 12.1 Å². The third kappa shape index (κ3) is 6.54. The van der Waals surface area contributed by atoms with Crippen LogP contribution in [0.4, 0.5) is 0 Å². The lowest BCUT2D eigenvalue weighted by Crippen LogP contribution is -2.25. The molecule has 17 heavy (non-hydrogen) atoms. The normalized spacial score (nSPS) is 11.8. The third-order valence-corrected chi connectivity index (χ3v) is 2.70. The zero-order valence-corrected chi connectivity index (χ0v) is 9.94. The molecule has 3 N–H and O–H groups in total. The Labute approximate surface area is 99.5 Å². The average Bonchev–Trinajstić information content (AvgIpc) is 2.73. The standard InChI is InChI=1S/C10H14N2O4S/c11-17(14,15)8-2-6-12-10(13)5-4-9-3-1-7-16-9/h1,3-5,7H,2,6,8H2,(H,12,13)(H2,11,14,15)/b5-4+. The van der Waals surface area contributed by atoms with E-state index in [0.29, 0.717) is 12.2 Å². The van der Waals surface area contributed by atoms with Crippen LogP contribution in [-0.4, -0.2) is 26.6 Å². The maximum absolute atomic E-state index is 11.2. The highest BCUT2D eigenvalue weighted by Gasteiger charge is 2.02. The molecule has 0 aliphatic carbocycles. The first-order chi connectivity index (χ1) is 7.97. The van der Waals surface area contributed by atoms with Gasteiger partial charge in [-0.1, -0.05) is 0 Å². The van der Waals surface area contributed by atoms with E-state index in [1.807, 2.05) is 0 Å². The molecule has 0 aromatic carbocycles. The maximum atomic E-state index is 11.2. The molecule has 94 valence electrons. The summed E-state index contributed by atoms with van der Waals surface area (Å²) in [4.78, 5) is 11.2. The fourth-order valence-electron chi connectivity index (χ4n) is 1.09. The van der Waals surface area contributed by atoms with Gasteiger partial charge in [0.25, 0.3) is 0 Å². The van der Waals surface area contributed by atoms with Gasteiger partial charge in [-0.3, -0.25) is 4.79 Å². The van der Waals surface area contributed by atoms with Crippen LogP contribution >= 0.6 is 0 Å². The first-order valence-corrected chi connectivity index (χ1v) is 6.69. The number of furan rings is 1. The summed E-state index contributed by atoms with van der Waals surface area (Å²) < 4.78 is 26.2. The van der Waals surface area contributed by atoms with E-state index in [0.717, 1.165) is 0 Å². The SMILES string of the molecule is NS(=O)(=O)CCCNC(=O)/C=C/c1ccco1. The quantitative estimate of drug-likeness (QED) is 0.557. The molecule has 6 nitrogen and oxygen atoms in total. The molecule has 0 fully saturated rings. The van der Waals surface area contributed by atoms with E-state index < -0.39 is 10.0 Å². The van der Waals surface area contributed by atoms with Crippen molar-refractivity contribution in [3.05, 3.63) is 30.2 Å². The molecule has 1 aromatic heterocycles. The molecule has 0 spiro atoms. The summed E-state index contributed by atoms with van der Waals surface area (Å²) in [6, 6.07) is 3.43. The summed E-state index contributed by atoms with van der Waals surface area (Å²) in [7, 11) is -3.45. The Morgan fingerprint density at radius 3 is 2.88 bits per heavy atom. The lowest BCUT2D eigenvalue weighted by molar-refractivity contribution is -0.116. The molecule has 1 heterocycles. The van der Waals surface area contributed by atoms with Gasteiger partial charge in [-0.05, 0) is 24.6 Å². The number of primary sulfonamides is 1. The summed E-state index contributed by atoms with van der Waals surface area (Å²) in [5.74, 6) is 0.121. The number of sulfonamides is 1. The summed E-state index contributed by atoms with van der Waals surface area (Å²) in [5, 5.41) is 7.34. The number of nitrogens with one attached hydrogen (secondary N) is 1. The fourth-order valence-corrected chi connectivity index (χ4v) is 1.63. The molecule has 0 saturated carbocycles. The minimum Gasteiger partial charge on any atom is -0.465 e. The van der Waals surface area contributed by atoms with Gasteiger partial charge in [-0.2, -0.15) is 0 Å². The number of amides is 1. The van der Waals surface area contributed by atoms with Gasteiger partial charge in [0.05, 0.1) is 12.0 Å². The van der Waals surface area contributed by atoms with Crippen molar-refractivity contribution < 1.29 is 17.6 Å². The van der Waals surface area contributed by atoms with Crippen molar-refractivity contribution in [1.82, 2.24) is 5.32 Å². The lowest BCUT2D eigenvalue weighted by Gasteiger charge is -2.00. The van der Waals surface area contributed by atoms with Crippen molar-refractivity contribution in [2.24, 2.45) is 5.14 Å². The van der Waals surface area contributed by atoms with E-state index >= 15 is 0 Å². The first-order valence-electron chi connectivity index (χ1n) is 4.97. The van der Waals surface area contributed by atoms with Gasteiger partial charge in [0, 0.05) is 12.6 Å². The average molecular weight is 258 g/mol. The minimum atomic E-state index is -3.45. The predicted octanol–water partition coefficient (Wildman–Crippen LogP) is 0.0876. The number of carbonyl (C=O) groups excluding carboxylic acids is 1. The van der Waals surface area contributed by atoms with Gasteiger partial charge in [-0.25, -0.2) is 13.6 Å². The maximum Gasteiger partial charge on any atom is 0.244 e. The minimum absolute atomic E-state index is 0.144. The van der Waals surface area contributed by atoms with Crippen LogP contribution in [-0.2, 0) is 14.8 Å². The smallest absolute Gasteiger partial charge is 0.244 e. The second kappa shape index (κ2) is 6.21. The topological polar surface area (TPSA) is 102 Å². The van der Waals surface area contributed by atoms with Crippen molar-refractivity contribution in [2.75, 3.05) is 12.3 Å². The number of hydrogen-bond donors (Lipinski definition) is 2. The van der Waals surface area contributed by atoms with Crippen molar-refractivity contribution in [1.29, 1.82) is 0 Å². The number of nitrogens with two attached hydrogens (primary N) is 1. The molecule has 0 atom stereocenters. The van der Waals surface area contributed by atoms with Gasteiger partial charge in [-0.15, -0.1) is 0 Å². The predicted molar refractivity (Wildman–Crippen MR) is 63.3 cm³/mol. The first kappa shape index (κ1) is 13.5. The molecule has 0 saturated heterocycles. The van der Waals surface area contributed by atoms with Crippen LogP contribution < -0.4 is 10.5 Å². The highest BCUT2D eigenvalue weighted by molar-refractivity contribution is 7.89. The highest BCUT2D eigenvalue weighted by atomic mass is 32.2. The molecule has 0 bridgehead atoms. The van der Waals surface area contributed by atoms with Gasteiger partial charge < -0.3 is 9.73 Å². The molecule has 0 aliphatic rings. The summed E-state index contributed by atoms with van der Waals surface area (Å²) in [6.07, 6.45) is 4.63. The summed E-state index contributed by atoms with van der Waals surface area (Å²) >= 11 is 0. The van der Waals surface area contributed by atoms with Gasteiger partial charge >= 0.3 is 0 Å². The monoisotopic (exact) mass is 258 g/mol.